The Kier molecular flexibility index (Phi) is 5.49. The molecule has 0 aliphatic rings. The molecule has 1 heterocycles. The first-order valence-corrected chi connectivity index (χ1v) is 9.81. The molecule has 0 saturated heterocycles. The molecule has 0 aliphatic carbocycles. The van der Waals surface area contributed by atoms with E-state index in [9.17, 15) is 13.5 Å². The van der Waals surface area contributed by atoms with Gasteiger partial charge in [-0.05, 0) is 38.1 Å². The van der Waals surface area contributed by atoms with Gasteiger partial charge in [-0.15, -0.1) is 12.6 Å². The minimum atomic E-state index is -3.63. The summed E-state index contributed by atoms with van der Waals surface area (Å²) in [6, 6.07) is 8.09. The van der Waals surface area contributed by atoms with Crippen LogP contribution in [0.1, 0.15) is 13.8 Å². The van der Waals surface area contributed by atoms with Gasteiger partial charge in [0.25, 0.3) is 0 Å². The van der Waals surface area contributed by atoms with Gasteiger partial charge < -0.3 is 9.84 Å². The highest BCUT2D eigenvalue weighted by Crippen LogP contribution is 2.39. The molecule has 0 spiro atoms. The number of ether oxygens (including phenoxy) is 1. The number of rotatable bonds is 5. The third-order valence-corrected chi connectivity index (χ3v) is 5.25. The fraction of sp³-hybridized carbons (Fsp3) is 0.312. The SMILES string of the molecule is CC(C)(O)C(S)Oc1c(-c2ccccn2)cc(Cl)cc1S(C)(=O)=O. The van der Waals surface area contributed by atoms with Crippen molar-refractivity contribution >= 4 is 34.1 Å². The van der Waals surface area contributed by atoms with Crippen molar-refractivity contribution in [3.8, 4) is 17.0 Å². The van der Waals surface area contributed by atoms with Crippen LogP contribution in [0.15, 0.2) is 41.4 Å². The maximum absolute atomic E-state index is 12.2. The molecule has 2 rings (SSSR count). The van der Waals surface area contributed by atoms with Crippen LogP contribution in [0, 0.1) is 0 Å². The van der Waals surface area contributed by atoms with Crippen LogP contribution in [0.25, 0.3) is 11.3 Å². The zero-order chi connectivity index (χ0) is 18.1. The number of pyridine rings is 1. The number of nitrogens with zero attached hydrogens (tertiary/aromatic N) is 1. The lowest BCUT2D eigenvalue weighted by Gasteiger charge is -2.27. The summed E-state index contributed by atoms with van der Waals surface area (Å²) in [5.41, 5.74) is -1.34. The second-order valence-electron chi connectivity index (χ2n) is 5.89. The van der Waals surface area contributed by atoms with Crippen LogP contribution >= 0.6 is 24.2 Å². The highest BCUT2D eigenvalue weighted by molar-refractivity contribution is 7.90. The minimum Gasteiger partial charge on any atom is -0.475 e. The molecule has 0 amide bonds. The van der Waals surface area contributed by atoms with E-state index in [4.69, 9.17) is 16.3 Å². The van der Waals surface area contributed by atoms with Crippen LogP contribution in [0.5, 0.6) is 5.75 Å². The molecular formula is C16H18ClNO4S2. The lowest BCUT2D eigenvalue weighted by atomic mass is 10.1. The van der Waals surface area contributed by atoms with Gasteiger partial charge in [-0.25, -0.2) is 8.42 Å². The molecule has 5 nitrogen and oxygen atoms in total. The molecule has 1 aromatic carbocycles. The smallest absolute Gasteiger partial charge is 0.179 e. The van der Waals surface area contributed by atoms with Crippen LogP contribution in [0.2, 0.25) is 5.02 Å². The summed E-state index contributed by atoms with van der Waals surface area (Å²) in [5, 5.41) is 10.3. The molecule has 0 saturated carbocycles. The van der Waals surface area contributed by atoms with E-state index in [0.29, 0.717) is 11.3 Å². The molecule has 0 bridgehead atoms. The number of hydrogen-bond acceptors (Lipinski definition) is 6. The standard InChI is InChI=1S/C16H18ClNO4S2/c1-16(2,19)15(23)22-14-11(12-6-4-5-7-18-12)8-10(17)9-13(14)24(3,20)21/h4-9,15,19,23H,1-3H3. The summed E-state index contributed by atoms with van der Waals surface area (Å²) in [7, 11) is -3.63. The number of halogens is 1. The van der Waals surface area contributed by atoms with E-state index in [0.717, 1.165) is 6.26 Å². The minimum absolute atomic E-state index is 0.0581. The van der Waals surface area contributed by atoms with E-state index < -0.39 is 20.9 Å². The van der Waals surface area contributed by atoms with Gasteiger partial charge in [0.1, 0.15) is 16.2 Å². The fourth-order valence-electron chi connectivity index (χ4n) is 1.93. The maximum Gasteiger partial charge on any atom is 0.179 e. The third kappa shape index (κ3) is 4.42. The number of sulfone groups is 1. The summed E-state index contributed by atoms with van der Waals surface area (Å²) in [6.07, 6.45) is 2.64. The average molecular weight is 388 g/mol. The normalized spacial score (nSPS) is 13.6. The second-order valence-corrected chi connectivity index (χ2v) is 8.78. The monoisotopic (exact) mass is 387 g/mol. The molecule has 1 unspecified atom stereocenters. The van der Waals surface area contributed by atoms with Crippen molar-refractivity contribution in [1.82, 2.24) is 4.98 Å². The molecule has 2 aromatic rings. The summed E-state index contributed by atoms with van der Waals surface area (Å²) in [6.45, 7) is 3.03. The first-order valence-electron chi connectivity index (χ1n) is 7.02. The van der Waals surface area contributed by atoms with Crippen molar-refractivity contribution in [3.05, 3.63) is 41.6 Å². The van der Waals surface area contributed by atoms with E-state index in [1.54, 1.807) is 30.5 Å². The van der Waals surface area contributed by atoms with Gasteiger partial charge in [-0.2, -0.15) is 0 Å². The van der Waals surface area contributed by atoms with Gasteiger partial charge in [0.15, 0.2) is 15.3 Å². The number of aromatic nitrogens is 1. The van der Waals surface area contributed by atoms with Crippen LogP contribution in [-0.2, 0) is 9.84 Å². The van der Waals surface area contributed by atoms with Crippen LogP contribution in [-0.4, -0.2) is 35.8 Å². The zero-order valence-electron chi connectivity index (χ0n) is 13.4. The van der Waals surface area contributed by atoms with Crippen LogP contribution in [0.4, 0.5) is 0 Å². The number of benzene rings is 1. The van der Waals surface area contributed by atoms with E-state index >= 15 is 0 Å². The topological polar surface area (TPSA) is 76.5 Å². The van der Waals surface area contributed by atoms with Gasteiger partial charge in [-0.3, -0.25) is 4.98 Å². The average Bonchev–Trinajstić information content (AvgIpc) is 2.47. The Balaban J connectivity index is 2.72. The molecule has 0 radical (unpaired) electrons. The van der Waals surface area contributed by atoms with E-state index in [1.165, 1.54) is 19.9 Å². The fourth-order valence-corrected chi connectivity index (χ4v) is 3.16. The van der Waals surface area contributed by atoms with E-state index in [1.807, 2.05) is 0 Å². The summed E-state index contributed by atoms with van der Waals surface area (Å²) < 4.78 is 30.1. The van der Waals surface area contributed by atoms with Gasteiger partial charge >= 0.3 is 0 Å². The Morgan fingerprint density at radius 1 is 1.33 bits per heavy atom. The molecule has 8 heteroatoms. The molecule has 24 heavy (non-hydrogen) atoms. The molecular weight excluding hydrogens is 370 g/mol. The van der Waals surface area contributed by atoms with Crippen molar-refractivity contribution in [2.75, 3.05) is 6.26 Å². The van der Waals surface area contributed by atoms with Crippen molar-refractivity contribution in [1.29, 1.82) is 0 Å². The maximum atomic E-state index is 12.2. The van der Waals surface area contributed by atoms with Gasteiger partial charge in [0.05, 0.1) is 5.69 Å². The lowest BCUT2D eigenvalue weighted by Crippen LogP contribution is -2.36. The van der Waals surface area contributed by atoms with Crippen molar-refractivity contribution in [2.24, 2.45) is 0 Å². The van der Waals surface area contributed by atoms with E-state index in [-0.39, 0.29) is 15.7 Å². The van der Waals surface area contributed by atoms with Crippen LogP contribution < -0.4 is 4.74 Å². The third-order valence-electron chi connectivity index (χ3n) is 3.19. The predicted molar refractivity (Wildman–Crippen MR) is 97.5 cm³/mol. The van der Waals surface area contributed by atoms with Gasteiger partial charge in [0.2, 0.25) is 0 Å². The summed E-state index contributed by atoms with van der Waals surface area (Å²) in [5.74, 6) is 0.0581. The van der Waals surface area contributed by atoms with Crippen LogP contribution in [0.3, 0.4) is 0 Å². The first kappa shape index (κ1) is 19.1. The molecule has 1 aromatic heterocycles. The lowest BCUT2D eigenvalue weighted by molar-refractivity contribution is 0.0104. The van der Waals surface area contributed by atoms with Crippen molar-refractivity contribution in [3.63, 3.8) is 0 Å². The van der Waals surface area contributed by atoms with Gasteiger partial charge in [-0.1, -0.05) is 17.7 Å². The highest BCUT2D eigenvalue weighted by Gasteiger charge is 2.29. The van der Waals surface area contributed by atoms with Crippen molar-refractivity contribution in [2.45, 2.75) is 29.8 Å². The quantitative estimate of drug-likeness (QED) is 0.608. The highest BCUT2D eigenvalue weighted by atomic mass is 35.5. The number of hydrogen-bond donors (Lipinski definition) is 2. The Bertz CT molecular complexity index is 833. The molecule has 1 atom stereocenters. The number of thiol groups is 1. The molecule has 130 valence electrons. The number of aliphatic hydroxyl groups is 1. The Morgan fingerprint density at radius 3 is 2.50 bits per heavy atom. The largest absolute Gasteiger partial charge is 0.475 e. The summed E-state index contributed by atoms with van der Waals surface area (Å²) >= 11 is 10.3. The Morgan fingerprint density at radius 2 is 2.00 bits per heavy atom. The molecule has 0 aliphatic heterocycles. The second kappa shape index (κ2) is 6.92. The molecule has 0 fully saturated rings. The molecule has 1 N–H and O–H groups in total. The Hall–Kier alpha value is -1.28. The van der Waals surface area contributed by atoms with Crippen molar-refractivity contribution < 1.29 is 18.3 Å². The first-order chi connectivity index (χ1) is 11.0. The predicted octanol–water partition coefficient (Wildman–Crippen LogP) is 3.21. The summed E-state index contributed by atoms with van der Waals surface area (Å²) in [4.78, 5) is 4.14. The van der Waals surface area contributed by atoms with Gasteiger partial charge in [0, 0.05) is 23.0 Å². The zero-order valence-corrected chi connectivity index (χ0v) is 15.9. The Labute approximate surface area is 152 Å². The van der Waals surface area contributed by atoms with E-state index in [2.05, 4.69) is 17.6 Å².